The van der Waals surface area contributed by atoms with Gasteiger partial charge in [-0.2, -0.15) is 0 Å². The largest absolute Gasteiger partial charge is 0.462 e. The summed E-state index contributed by atoms with van der Waals surface area (Å²) in [5, 5.41) is 3.46. The summed E-state index contributed by atoms with van der Waals surface area (Å²) in [6, 6.07) is 19.9. The third-order valence-corrected chi connectivity index (χ3v) is 5.30. The summed E-state index contributed by atoms with van der Waals surface area (Å²) in [5.41, 5.74) is 3.27. The Hall–Kier alpha value is -4.00. The van der Waals surface area contributed by atoms with Crippen LogP contribution in [0, 0.1) is 0 Å². The van der Waals surface area contributed by atoms with Crippen molar-refractivity contribution >= 4 is 23.3 Å². The predicted octanol–water partition coefficient (Wildman–Crippen LogP) is 4.36. The van der Waals surface area contributed by atoms with E-state index in [1.807, 2.05) is 36.4 Å². The van der Waals surface area contributed by atoms with E-state index in [4.69, 9.17) is 14.2 Å². The second-order valence-corrected chi connectivity index (χ2v) is 7.15. The summed E-state index contributed by atoms with van der Waals surface area (Å²) < 4.78 is 16.0. The van der Waals surface area contributed by atoms with Gasteiger partial charge in [-0.25, -0.2) is 4.79 Å². The van der Waals surface area contributed by atoms with E-state index in [2.05, 4.69) is 5.32 Å². The number of fused-ring (bicyclic) bond motifs is 2. The zero-order chi connectivity index (χ0) is 21.4. The number of nitrogens with one attached hydrogen (secondary N) is 1. The number of carbonyl (C=O) groups excluding carboxylic acids is 2. The van der Waals surface area contributed by atoms with Gasteiger partial charge < -0.3 is 19.5 Å². The Morgan fingerprint density at radius 2 is 1.84 bits per heavy atom. The first-order chi connectivity index (χ1) is 15.2. The number of ether oxygens (including phenoxy) is 3. The fourth-order valence-corrected chi connectivity index (χ4v) is 3.81. The standard InChI is InChI=1S/C24H20N2O5/c1-2-29-24(28)15-7-10-17(11-8-15)26-22(16-9-12-20-21(13-16)31-14-30-20)25-19-6-4-3-5-18(19)23(26)27/h3-13,22,25H,2,14H2,1H3. The summed E-state index contributed by atoms with van der Waals surface area (Å²) in [6.45, 7) is 2.24. The van der Waals surface area contributed by atoms with Crippen LogP contribution in [0.5, 0.6) is 11.5 Å². The minimum Gasteiger partial charge on any atom is -0.462 e. The molecule has 7 heteroatoms. The maximum Gasteiger partial charge on any atom is 0.338 e. The van der Waals surface area contributed by atoms with E-state index in [0.29, 0.717) is 34.9 Å². The molecule has 0 spiro atoms. The Morgan fingerprint density at radius 3 is 2.65 bits per heavy atom. The number of carbonyl (C=O) groups is 2. The molecule has 3 aromatic carbocycles. The summed E-state index contributed by atoms with van der Waals surface area (Å²) in [4.78, 5) is 27.2. The monoisotopic (exact) mass is 416 g/mol. The van der Waals surface area contributed by atoms with Gasteiger partial charge in [0.1, 0.15) is 6.17 Å². The van der Waals surface area contributed by atoms with Crippen LogP contribution in [0.3, 0.4) is 0 Å². The lowest BCUT2D eigenvalue weighted by atomic mass is 10.0. The lowest BCUT2D eigenvalue weighted by Crippen LogP contribution is -2.43. The Kier molecular flexibility index (Phi) is 4.71. The molecule has 0 saturated heterocycles. The molecule has 1 unspecified atom stereocenters. The molecule has 5 rings (SSSR count). The molecule has 0 fully saturated rings. The molecule has 1 N–H and O–H groups in total. The van der Waals surface area contributed by atoms with Crippen molar-refractivity contribution < 1.29 is 23.8 Å². The summed E-state index contributed by atoms with van der Waals surface area (Å²) in [6.07, 6.45) is -0.467. The highest BCUT2D eigenvalue weighted by molar-refractivity contribution is 6.12. The second-order valence-electron chi connectivity index (χ2n) is 7.15. The quantitative estimate of drug-likeness (QED) is 0.637. The van der Waals surface area contributed by atoms with Crippen molar-refractivity contribution in [2.75, 3.05) is 23.6 Å². The maximum absolute atomic E-state index is 13.5. The molecule has 0 radical (unpaired) electrons. The van der Waals surface area contributed by atoms with E-state index in [0.717, 1.165) is 11.3 Å². The third-order valence-electron chi connectivity index (χ3n) is 5.30. The van der Waals surface area contributed by atoms with Gasteiger partial charge in [-0.05, 0) is 61.0 Å². The minimum absolute atomic E-state index is 0.138. The van der Waals surface area contributed by atoms with Crippen molar-refractivity contribution in [3.05, 3.63) is 83.4 Å². The normalized spacial score (nSPS) is 16.5. The van der Waals surface area contributed by atoms with Crippen LogP contribution in [0.25, 0.3) is 0 Å². The SMILES string of the molecule is CCOC(=O)c1ccc(N2C(=O)c3ccccc3NC2c2ccc3c(c2)OCO3)cc1. The van der Waals surface area contributed by atoms with Crippen LogP contribution in [0.2, 0.25) is 0 Å². The van der Waals surface area contributed by atoms with Crippen LogP contribution in [0.1, 0.15) is 39.4 Å². The van der Waals surface area contributed by atoms with Crippen LogP contribution < -0.4 is 19.7 Å². The van der Waals surface area contributed by atoms with Crippen molar-refractivity contribution in [1.29, 1.82) is 0 Å². The molecule has 3 aromatic rings. The molecule has 31 heavy (non-hydrogen) atoms. The first-order valence-corrected chi connectivity index (χ1v) is 10.0. The van der Waals surface area contributed by atoms with E-state index >= 15 is 0 Å². The number of nitrogens with zero attached hydrogens (tertiary/aromatic N) is 1. The van der Waals surface area contributed by atoms with Gasteiger partial charge in [-0.1, -0.05) is 18.2 Å². The number of hydrogen-bond acceptors (Lipinski definition) is 6. The van der Waals surface area contributed by atoms with Crippen LogP contribution in [-0.4, -0.2) is 25.3 Å². The van der Waals surface area contributed by atoms with E-state index < -0.39 is 12.1 Å². The van der Waals surface area contributed by atoms with Crippen LogP contribution >= 0.6 is 0 Å². The number of amides is 1. The van der Waals surface area contributed by atoms with E-state index in [-0.39, 0.29) is 12.7 Å². The van der Waals surface area contributed by atoms with E-state index in [1.54, 1.807) is 42.2 Å². The Morgan fingerprint density at radius 1 is 1.06 bits per heavy atom. The fourth-order valence-electron chi connectivity index (χ4n) is 3.81. The average molecular weight is 416 g/mol. The summed E-state index contributed by atoms with van der Waals surface area (Å²) >= 11 is 0. The molecule has 1 amide bonds. The topological polar surface area (TPSA) is 77.1 Å². The first kappa shape index (κ1) is 19.0. The number of esters is 1. The van der Waals surface area contributed by atoms with Crippen molar-refractivity contribution in [3.63, 3.8) is 0 Å². The predicted molar refractivity (Wildman–Crippen MR) is 115 cm³/mol. The first-order valence-electron chi connectivity index (χ1n) is 10.0. The molecule has 0 saturated carbocycles. The number of anilines is 2. The molecule has 156 valence electrons. The third kappa shape index (κ3) is 3.34. The van der Waals surface area contributed by atoms with Crippen LogP contribution in [0.15, 0.2) is 66.7 Å². The summed E-state index contributed by atoms with van der Waals surface area (Å²) in [5.74, 6) is 0.788. The number of hydrogen-bond donors (Lipinski definition) is 1. The van der Waals surface area contributed by atoms with E-state index in [9.17, 15) is 9.59 Å². The van der Waals surface area contributed by atoms with Crippen molar-refractivity contribution in [1.82, 2.24) is 0 Å². The molecular formula is C24H20N2O5. The summed E-state index contributed by atoms with van der Waals surface area (Å²) in [7, 11) is 0. The zero-order valence-electron chi connectivity index (χ0n) is 16.8. The molecule has 0 aliphatic carbocycles. The van der Waals surface area contributed by atoms with Gasteiger partial charge in [0.05, 0.1) is 17.7 Å². The van der Waals surface area contributed by atoms with Crippen molar-refractivity contribution in [2.45, 2.75) is 13.1 Å². The number of benzene rings is 3. The van der Waals surface area contributed by atoms with Gasteiger partial charge in [0.15, 0.2) is 11.5 Å². The Balaban J connectivity index is 1.56. The number of para-hydroxylation sites is 1. The van der Waals surface area contributed by atoms with E-state index in [1.165, 1.54) is 0 Å². The van der Waals surface area contributed by atoms with Crippen molar-refractivity contribution in [3.8, 4) is 11.5 Å². The zero-order valence-corrected chi connectivity index (χ0v) is 16.8. The molecule has 0 aromatic heterocycles. The smallest absolute Gasteiger partial charge is 0.338 e. The lowest BCUT2D eigenvalue weighted by molar-refractivity contribution is 0.0526. The highest BCUT2D eigenvalue weighted by Gasteiger charge is 2.34. The Labute approximate surface area is 179 Å². The molecule has 2 aliphatic heterocycles. The molecule has 2 aliphatic rings. The van der Waals surface area contributed by atoms with Gasteiger partial charge in [0.2, 0.25) is 6.79 Å². The highest BCUT2D eigenvalue weighted by Crippen LogP contribution is 2.40. The van der Waals surface area contributed by atoms with Gasteiger partial charge in [-0.3, -0.25) is 9.69 Å². The highest BCUT2D eigenvalue weighted by atomic mass is 16.7. The average Bonchev–Trinajstić information content (AvgIpc) is 3.27. The van der Waals surface area contributed by atoms with Crippen molar-refractivity contribution in [2.24, 2.45) is 0 Å². The molecule has 2 heterocycles. The van der Waals surface area contributed by atoms with Gasteiger partial charge >= 0.3 is 5.97 Å². The van der Waals surface area contributed by atoms with Gasteiger partial charge in [0.25, 0.3) is 5.91 Å². The minimum atomic E-state index is -0.467. The number of rotatable bonds is 4. The Bertz CT molecular complexity index is 1160. The molecule has 1 atom stereocenters. The molecule has 0 bridgehead atoms. The lowest BCUT2D eigenvalue weighted by Gasteiger charge is -2.38. The van der Waals surface area contributed by atoms with Gasteiger partial charge in [0, 0.05) is 11.4 Å². The second kappa shape index (κ2) is 7.68. The molecular weight excluding hydrogens is 396 g/mol. The maximum atomic E-state index is 13.5. The van der Waals surface area contributed by atoms with Crippen LogP contribution in [-0.2, 0) is 4.74 Å². The van der Waals surface area contributed by atoms with Crippen LogP contribution in [0.4, 0.5) is 11.4 Å². The fraction of sp³-hybridized carbons (Fsp3) is 0.167. The van der Waals surface area contributed by atoms with Gasteiger partial charge in [-0.15, -0.1) is 0 Å². The molecule has 7 nitrogen and oxygen atoms in total.